The molecule has 0 fully saturated rings. The van der Waals surface area contributed by atoms with Crippen molar-refractivity contribution in [3.63, 3.8) is 0 Å². The summed E-state index contributed by atoms with van der Waals surface area (Å²) in [5.74, 6) is -1.77. The van der Waals surface area contributed by atoms with Gasteiger partial charge in [0.1, 0.15) is 6.42 Å². The Morgan fingerprint density at radius 1 is 1.19 bits per heavy atom. The number of rotatable bonds is 5. The van der Waals surface area contributed by atoms with Gasteiger partial charge in [0.15, 0.2) is 5.78 Å². The smallest absolute Gasteiger partial charge is 0.312 e. The topological polar surface area (TPSA) is 74.7 Å². The number of hydrogen-bond acceptors (Lipinski definition) is 3. The van der Waals surface area contributed by atoms with Gasteiger partial charge in [-0.2, -0.15) is 0 Å². The molecule has 0 saturated heterocycles. The lowest BCUT2D eigenvalue weighted by molar-refractivity contribution is -0.146. The zero-order valence-corrected chi connectivity index (χ0v) is 10.2. The van der Waals surface area contributed by atoms with Gasteiger partial charge in [-0.1, -0.05) is 20.8 Å². The second-order valence-corrected chi connectivity index (χ2v) is 4.65. The predicted octanol–water partition coefficient (Wildman–Crippen LogP) is 0.925. The molecule has 0 aromatic rings. The maximum absolute atomic E-state index is 11.7. The quantitative estimate of drug-likeness (QED) is 0.711. The molecule has 0 aliphatic rings. The Hall–Kier alpha value is -1.39. The Morgan fingerprint density at radius 3 is 2.00 bits per heavy atom. The molecule has 0 aromatic carbocycles. The third-order valence-electron chi connectivity index (χ3n) is 2.21. The van der Waals surface area contributed by atoms with E-state index in [1.54, 1.807) is 27.7 Å². The summed E-state index contributed by atoms with van der Waals surface area (Å²) in [5.41, 5.74) is -0.517. The fourth-order valence-electron chi connectivity index (χ4n) is 1.03. The average molecular weight is 229 g/mol. The molecule has 0 rings (SSSR count). The van der Waals surface area contributed by atoms with Gasteiger partial charge in [0.2, 0.25) is 5.91 Å². The van der Waals surface area contributed by atoms with E-state index in [0.29, 0.717) is 6.54 Å². The van der Waals surface area contributed by atoms with Crippen LogP contribution < -0.4 is 0 Å². The summed E-state index contributed by atoms with van der Waals surface area (Å²) in [5, 5.41) is 8.49. The minimum absolute atomic E-state index is 0.0217. The summed E-state index contributed by atoms with van der Waals surface area (Å²) < 4.78 is 0. The van der Waals surface area contributed by atoms with Crippen molar-refractivity contribution in [1.82, 2.24) is 4.90 Å². The number of amides is 1. The number of aliphatic carboxylic acids is 1. The Labute approximate surface area is 95.4 Å². The van der Waals surface area contributed by atoms with Crippen LogP contribution in [-0.4, -0.2) is 40.8 Å². The molecule has 0 atom stereocenters. The molecular weight excluding hydrogens is 210 g/mol. The highest BCUT2D eigenvalue weighted by Crippen LogP contribution is 2.15. The molecule has 1 amide bonds. The van der Waals surface area contributed by atoms with Gasteiger partial charge in [-0.15, -0.1) is 0 Å². The van der Waals surface area contributed by atoms with Crippen molar-refractivity contribution in [2.24, 2.45) is 5.41 Å². The van der Waals surface area contributed by atoms with E-state index in [2.05, 4.69) is 0 Å². The van der Waals surface area contributed by atoms with E-state index < -0.39 is 23.7 Å². The summed E-state index contributed by atoms with van der Waals surface area (Å²) >= 11 is 0. The molecule has 5 nitrogen and oxygen atoms in total. The fourth-order valence-corrected chi connectivity index (χ4v) is 1.03. The summed E-state index contributed by atoms with van der Waals surface area (Å²) in [6.07, 6.45) is -0.564. The number of carbonyl (C=O) groups is 3. The molecule has 0 aromatic heterocycles. The molecule has 92 valence electrons. The highest BCUT2D eigenvalue weighted by Gasteiger charge is 2.25. The number of carboxylic acids is 1. The zero-order valence-electron chi connectivity index (χ0n) is 10.2. The highest BCUT2D eigenvalue weighted by molar-refractivity contribution is 5.96. The van der Waals surface area contributed by atoms with Gasteiger partial charge in [0.25, 0.3) is 0 Å². The third-order valence-corrected chi connectivity index (χ3v) is 2.21. The number of carbonyl (C=O) groups excluding carboxylic acids is 2. The number of likely N-dealkylation sites (N-methyl/N-ethyl adjacent to an activating group) is 1. The van der Waals surface area contributed by atoms with Gasteiger partial charge < -0.3 is 10.0 Å². The van der Waals surface area contributed by atoms with Crippen molar-refractivity contribution in [3.05, 3.63) is 0 Å². The zero-order chi connectivity index (χ0) is 12.9. The normalized spacial score (nSPS) is 11.0. The van der Waals surface area contributed by atoms with E-state index in [4.69, 9.17) is 5.11 Å². The molecule has 1 N–H and O–H groups in total. The summed E-state index contributed by atoms with van der Waals surface area (Å²) in [6.45, 7) is 7.34. The van der Waals surface area contributed by atoms with Crippen molar-refractivity contribution < 1.29 is 19.5 Å². The lowest BCUT2D eigenvalue weighted by Gasteiger charge is -2.24. The second kappa shape index (κ2) is 5.63. The summed E-state index contributed by atoms with van der Waals surface area (Å²) in [7, 11) is 0. The van der Waals surface area contributed by atoms with Gasteiger partial charge in [0.05, 0.1) is 6.54 Å². The van der Waals surface area contributed by atoms with E-state index in [1.807, 2.05) is 0 Å². The predicted molar refractivity (Wildman–Crippen MR) is 59.0 cm³/mol. The standard InChI is InChI=1S/C11H19NO4/c1-5-12(9(14)6-10(15)16)7-8(13)11(2,3)4/h5-7H2,1-4H3,(H,15,16). The largest absolute Gasteiger partial charge is 0.481 e. The van der Waals surface area contributed by atoms with Crippen molar-refractivity contribution in [2.75, 3.05) is 13.1 Å². The third kappa shape index (κ3) is 4.91. The fraction of sp³-hybridized carbons (Fsp3) is 0.727. The lowest BCUT2D eigenvalue weighted by atomic mass is 9.90. The maximum atomic E-state index is 11.7. The van der Waals surface area contributed by atoms with Crippen LogP contribution in [0.15, 0.2) is 0 Å². The van der Waals surface area contributed by atoms with Crippen molar-refractivity contribution in [3.8, 4) is 0 Å². The average Bonchev–Trinajstić information content (AvgIpc) is 2.10. The molecule has 0 saturated carbocycles. The van der Waals surface area contributed by atoms with Crippen LogP contribution in [0.5, 0.6) is 0 Å². The highest BCUT2D eigenvalue weighted by atomic mass is 16.4. The summed E-state index contributed by atoms with van der Waals surface area (Å²) in [6, 6.07) is 0. The minimum atomic E-state index is -1.17. The molecule has 0 aliphatic heterocycles. The molecule has 0 heterocycles. The number of Topliss-reactive ketones (excluding diaryl/α,β-unsaturated/α-hetero) is 1. The van der Waals surface area contributed by atoms with Crippen LogP contribution in [0, 0.1) is 5.41 Å². The molecule has 16 heavy (non-hydrogen) atoms. The first kappa shape index (κ1) is 14.6. The van der Waals surface area contributed by atoms with Gasteiger partial charge in [0, 0.05) is 12.0 Å². The van der Waals surface area contributed by atoms with E-state index in [9.17, 15) is 14.4 Å². The molecule has 0 radical (unpaired) electrons. The van der Waals surface area contributed by atoms with Crippen molar-refractivity contribution in [1.29, 1.82) is 0 Å². The van der Waals surface area contributed by atoms with Gasteiger partial charge in [-0.3, -0.25) is 14.4 Å². The number of hydrogen-bond donors (Lipinski definition) is 1. The Morgan fingerprint density at radius 2 is 1.69 bits per heavy atom. The van der Waals surface area contributed by atoms with Crippen LogP contribution >= 0.6 is 0 Å². The summed E-state index contributed by atoms with van der Waals surface area (Å²) in [4.78, 5) is 34.8. The van der Waals surface area contributed by atoms with E-state index in [-0.39, 0.29) is 12.3 Å². The monoisotopic (exact) mass is 229 g/mol. The Balaban J connectivity index is 4.47. The van der Waals surface area contributed by atoms with E-state index in [0.717, 1.165) is 0 Å². The van der Waals surface area contributed by atoms with Gasteiger partial charge >= 0.3 is 5.97 Å². The Kier molecular flexibility index (Phi) is 5.14. The van der Waals surface area contributed by atoms with Crippen LogP contribution in [0.2, 0.25) is 0 Å². The van der Waals surface area contributed by atoms with E-state index in [1.165, 1.54) is 4.90 Å². The molecule has 5 heteroatoms. The molecule has 0 bridgehead atoms. The Bertz CT molecular complexity index is 291. The first-order valence-corrected chi connectivity index (χ1v) is 5.21. The first-order valence-electron chi connectivity index (χ1n) is 5.21. The van der Waals surface area contributed by atoms with Crippen LogP contribution in [0.1, 0.15) is 34.1 Å². The molecular formula is C11H19NO4. The number of nitrogens with zero attached hydrogens (tertiary/aromatic N) is 1. The minimum Gasteiger partial charge on any atom is -0.481 e. The molecule has 0 aliphatic carbocycles. The maximum Gasteiger partial charge on any atom is 0.312 e. The van der Waals surface area contributed by atoms with Crippen LogP contribution in [-0.2, 0) is 14.4 Å². The van der Waals surface area contributed by atoms with Crippen LogP contribution in [0.25, 0.3) is 0 Å². The number of ketones is 1. The van der Waals surface area contributed by atoms with Gasteiger partial charge in [-0.05, 0) is 6.92 Å². The van der Waals surface area contributed by atoms with Crippen LogP contribution in [0.4, 0.5) is 0 Å². The van der Waals surface area contributed by atoms with Crippen molar-refractivity contribution >= 4 is 17.7 Å². The van der Waals surface area contributed by atoms with Crippen LogP contribution in [0.3, 0.4) is 0 Å². The molecule has 0 unspecified atom stereocenters. The number of carboxylic acid groups (broad SMARTS) is 1. The molecule has 0 spiro atoms. The SMILES string of the molecule is CCN(CC(=O)C(C)(C)C)C(=O)CC(=O)O. The second-order valence-electron chi connectivity index (χ2n) is 4.65. The van der Waals surface area contributed by atoms with Gasteiger partial charge in [-0.25, -0.2) is 0 Å². The first-order chi connectivity index (χ1) is 7.18. The van der Waals surface area contributed by atoms with E-state index >= 15 is 0 Å². The lowest BCUT2D eigenvalue weighted by Crippen LogP contribution is -2.40. The van der Waals surface area contributed by atoms with Crippen molar-refractivity contribution in [2.45, 2.75) is 34.1 Å².